The maximum atomic E-state index is 13.6. The molecule has 2 aromatic carbocycles. The Bertz CT molecular complexity index is 883. The summed E-state index contributed by atoms with van der Waals surface area (Å²) in [7, 11) is 0. The Morgan fingerprint density at radius 3 is 2.44 bits per heavy atom. The van der Waals surface area contributed by atoms with Gasteiger partial charge in [-0.2, -0.15) is 0 Å². The number of nitrogens with two attached hydrogens (primary N) is 2. The zero-order chi connectivity index (χ0) is 23.5. The minimum atomic E-state index is -1.36. The molecule has 0 spiro atoms. The molecule has 0 aromatic heterocycles. The van der Waals surface area contributed by atoms with Crippen molar-refractivity contribution in [2.75, 3.05) is 13.1 Å². The van der Waals surface area contributed by atoms with E-state index in [4.69, 9.17) is 11.5 Å². The van der Waals surface area contributed by atoms with E-state index >= 15 is 0 Å². The Morgan fingerprint density at radius 2 is 1.72 bits per heavy atom. The van der Waals surface area contributed by atoms with Crippen molar-refractivity contribution < 1.29 is 23.5 Å². The second-order valence-electron chi connectivity index (χ2n) is 7.70. The van der Waals surface area contributed by atoms with Crippen LogP contribution in [0.15, 0.2) is 48.5 Å². The Morgan fingerprint density at radius 1 is 1.00 bits per heavy atom. The number of rotatable bonds is 12. The summed E-state index contributed by atoms with van der Waals surface area (Å²) in [4.78, 5) is 24.0. The first-order valence-corrected chi connectivity index (χ1v) is 10.5. The molecule has 0 saturated heterocycles. The zero-order valence-corrected chi connectivity index (χ0v) is 17.8. The van der Waals surface area contributed by atoms with E-state index in [0.717, 1.165) is 23.8 Å². The molecule has 0 radical (unpaired) electrons. The third kappa shape index (κ3) is 8.70. The highest BCUT2D eigenvalue weighted by Crippen LogP contribution is 2.11. The smallest absolute Gasteiger partial charge is 0.250 e. The largest absolute Gasteiger partial charge is 0.382 e. The van der Waals surface area contributed by atoms with Crippen LogP contribution in [0, 0.1) is 11.6 Å². The molecule has 0 aliphatic carbocycles. The lowest BCUT2D eigenvalue weighted by molar-refractivity contribution is -0.130. The fourth-order valence-corrected chi connectivity index (χ4v) is 3.15. The quantitative estimate of drug-likeness (QED) is 0.306. The van der Waals surface area contributed by atoms with E-state index in [9.17, 15) is 23.5 Å². The molecule has 3 atom stereocenters. The monoisotopic (exact) mass is 448 g/mol. The lowest BCUT2D eigenvalue weighted by atomic mass is 10.0. The van der Waals surface area contributed by atoms with Crippen LogP contribution in [0.5, 0.6) is 0 Å². The van der Waals surface area contributed by atoms with Crippen LogP contribution in [0.1, 0.15) is 24.0 Å². The van der Waals surface area contributed by atoms with E-state index < -0.39 is 35.7 Å². The van der Waals surface area contributed by atoms with E-state index in [1.54, 1.807) is 0 Å². The number of carbonyl (C=O) groups is 2. The second kappa shape index (κ2) is 12.8. The summed E-state index contributed by atoms with van der Waals surface area (Å²) in [5.41, 5.74) is 12.9. The molecule has 7 nitrogen and oxygen atoms in total. The highest BCUT2D eigenvalue weighted by Gasteiger charge is 2.22. The second-order valence-corrected chi connectivity index (χ2v) is 7.70. The van der Waals surface area contributed by atoms with Crippen LogP contribution < -0.4 is 22.1 Å². The van der Waals surface area contributed by atoms with Gasteiger partial charge >= 0.3 is 0 Å². The SMILES string of the molecule is NC(CNC(=O)CCCNC(=O)C(O)C(N)Cc1ccccc1)Cc1cc(F)ccc1F. The first-order chi connectivity index (χ1) is 15.3. The topological polar surface area (TPSA) is 130 Å². The van der Waals surface area contributed by atoms with E-state index in [-0.39, 0.29) is 37.4 Å². The van der Waals surface area contributed by atoms with Gasteiger partial charge in [-0.1, -0.05) is 30.3 Å². The van der Waals surface area contributed by atoms with Crippen molar-refractivity contribution in [3.8, 4) is 0 Å². The van der Waals surface area contributed by atoms with Crippen molar-refractivity contribution in [2.45, 2.75) is 43.9 Å². The van der Waals surface area contributed by atoms with Gasteiger partial charge in [-0.05, 0) is 48.6 Å². The van der Waals surface area contributed by atoms with Crippen molar-refractivity contribution in [2.24, 2.45) is 11.5 Å². The average molecular weight is 449 g/mol. The van der Waals surface area contributed by atoms with Crippen LogP contribution in [-0.2, 0) is 22.4 Å². The number of hydrogen-bond donors (Lipinski definition) is 5. The molecule has 7 N–H and O–H groups in total. The first kappa shape index (κ1) is 25.4. The van der Waals surface area contributed by atoms with Gasteiger partial charge in [0.05, 0.1) is 0 Å². The Balaban J connectivity index is 1.61. The maximum absolute atomic E-state index is 13.6. The van der Waals surface area contributed by atoms with Crippen LogP contribution in [0.4, 0.5) is 8.78 Å². The van der Waals surface area contributed by atoms with E-state index in [2.05, 4.69) is 10.6 Å². The van der Waals surface area contributed by atoms with Crippen LogP contribution in [0.2, 0.25) is 0 Å². The maximum Gasteiger partial charge on any atom is 0.250 e. The molecule has 174 valence electrons. The van der Waals surface area contributed by atoms with Gasteiger partial charge in [0.15, 0.2) is 0 Å². The number of halogens is 2. The lowest BCUT2D eigenvalue weighted by Crippen LogP contribution is -2.47. The Labute approximate surface area is 186 Å². The lowest BCUT2D eigenvalue weighted by Gasteiger charge is -2.18. The van der Waals surface area contributed by atoms with Crippen LogP contribution in [0.25, 0.3) is 0 Å². The van der Waals surface area contributed by atoms with Gasteiger partial charge in [0.25, 0.3) is 0 Å². The molecule has 0 fully saturated rings. The number of amides is 2. The molecule has 0 heterocycles. The highest BCUT2D eigenvalue weighted by molar-refractivity contribution is 5.81. The van der Waals surface area contributed by atoms with Gasteiger partial charge in [-0.25, -0.2) is 8.78 Å². The first-order valence-electron chi connectivity index (χ1n) is 10.5. The third-order valence-corrected chi connectivity index (χ3v) is 4.92. The van der Waals surface area contributed by atoms with E-state index in [1.165, 1.54) is 0 Å². The summed E-state index contributed by atoms with van der Waals surface area (Å²) >= 11 is 0. The summed E-state index contributed by atoms with van der Waals surface area (Å²) in [6.45, 7) is 0.302. The molecule has 2 amide bonds. The van der Waals surface area contributed by atoms with Gasteiger partial charge in [-0.3, -0.25) is 9.59 Å². The molecule has 0 saturated carbocycles. The van der Waals surface area contributed by atoms with Crippen molar-refractivity contribution in [3.05, 3.63) is 71.3 Å². The number of nitrogens with one attached hydrogen (secondary N) is 2. The highest BCUT2D eigenvalue weighted by atomic mass is 19.1. The van der Waals surface area contributed by atoms with Crippen molar-refractivity contribution in [3.63, 3.8) is 0 Å². The molecular weight excluding hydrogens is 418 g/mol. The van der Waals surface area contributed by atoms with Gasteiger partial charge in [-0.15, -0.1) is 0 Å². The van der Waals surface area contributed by atoms with Crippen molar-refractivity contribution >= 4 is 11.8 Å². The molecular formula is C23H30F2N4O3. The number of hydrogen-bond acceptors (Lipinski definition) is 5. The van der Waals surface area contributed by atoms with Gasteiger partial charge in [0, 0.05) is 31.6 Å². The van der Waals surface area contributed by atoms with E-state index in [0.29, 0.717) is 12.8 Å². The van der Waals surface area contributed by atoms with Gasteiger partial charge in [0.2, 0.25) is 11.8 Å². The number of carbonyl (C=O) groups excluding carboxylic acids is 2. The molecule has 0 bridgehead atoms. The van der Waals surface area contributed by atoms with E-state index in [1.807, 2.05) is 30.3 Å². The number of benzene rings is 2. The van der Waals surface area contributed by atoms with Crippen LogP contribution in [0.3, 0.4) is 0 Å². The van der Waals surface area contributed by atoms with Crippen molar-refractivity contribution in [1.29, 1.82) is 0 Å². The molecule has 32 heavy (non-hydrogen) atoms. The molecule has 3 unspecified atom stereocenters. The average Bonchev–Trinajstić information content (AvgIpc) is 2.77. The summed E-state index contributed by atoms with van der Waals surface area (Å²) < 4.78 is 26.8. The summed E-state index contributed by atoms with van der Waals surface area (Å²) in [5, 5.41) is 15.3. The van der Waals surface area contributed by atoms with Crippen LogP contribution >= 0.6 is 0 Å². The predicted molar refractivity (Wildman–Crippen MR) is 117 cm³/mol. The molecule has 9 heteroatoms. The summed E-state index contributed by atoms with van der Waals surface area (Å²) in [6, 6.07) is 11.1. The van der Waals surface area contributed by atoms with Gasteiger partial charge in [0.1, 0.15) is 17.7 Å². The minimum absolute atomic E-state index is 0.0844. The summed E-state index contributed by atoms with van der Waals surface area (Å²) in [5.74, 6) is -1.97. The Hall–Kier alpha value is -2.88. The number of aliphatic hydroxyl groups is 1. The fourth-order valence-electron chi connectivity index (χ4n) is 3.15. The Kier molecular flexibility index (Phi) is 10.2. The minimum Gasteiger partial charge on any atom is -0.382 e. The molecule has 0 aliphatic heterocycles. The molecule has 2 aromatic rings. The molecule has 2 rings (SSSR count). The normalized spacial score (nSPS) is 13.8. The molecule has 0 aliphatic rings. The summed E-state index contributed by atoms with van der Waals surface area (Å²) in [6.07, 6.45) is -0.428. The third-order valence-electron chi connectivity index (χ3n) is 4.92. The van der Waals surface area contributed by atoms with Gasteiger partial charge < -0.3 is 27.2 Å². The standard InChI is InChI=1S/C23H30F2N4O3/c24-17-8-9-19(25)16(12-17)13-18(26)14-29-21(30)7-4-10-28-23(32)22(31)20(27)11-15-5-2-1-3-6-15/h1-3,5-6,8-9,12,18,20,22,31H,4,7,10-11,13-14,26-27H2,(H,28,32)(H,29,30). The van der Waals surface area contributed by atoms with Crippen LogP contribution in [-0.4, -0.2) is 48.2 Å². The number of aliphatic hydroxyl groups excluding tert-OH is 1. The fraction of sp³-hybridized carbons (Fsp3) is 0.391. The van der Waals surface area contributed by atoms with Crippen molar-refractivity contribution in [1.82, 2.24) is 10.6 Å². The predicted octanol–water partition coefficient (Wildman–Crippen LogP) is 0.778. The zero-order valence-electron chi connectivity index (χ0n) is 17.8.